The van der Waals surface area contributed by atoms with Gasteiger partial charge in [-0.3, -0.25) is 24.6 Å². The van der Waals surface area contributed by atoms with Crippen molar-refractivity contribution in [1.82, 2.24) is 20.4 Å². The molecule has 2 N–H and O–H groups in total. The van der Waals surface area contributed by atoms with Gasteiger partial charge in [0, 0.05) is 63.0 Å². The van der Waals surface area contributed by atoms with Crippen LogP contribution in [0.5, 0.6) is 5.75 Å². The highest BCUT2D eigenvalue weighted by molar-refractivity contribution is 6.05. The third-order valence-electron chi connectivity index (χ3n) is 8.51. The van der Waals surface area contributed by atoms with Gasteiger partial charge in [-0.15, -0.1) is 0 Å². The van der Waals surface area contributed by atoms with Crippen molar-refractivity contribution in [1.29, 1.82) is 0 Å². The van der Waals surface area contributed by atoms with Gasteiger partial charge in [0.05, 0.1) is 0 Å². The summed E-state index contributed by atoms with van der Waals surface area (Å²) in [5.74, 6) is -0.0778. The van der Waals surface area contributed by atoms with Crippen LogP contribution in [-0.4, -0.2) is 78.9 Å². The number of para-hydroxylation sites is 1. The fraction of sp³-hybridized carbons (Fsp3) is 0.500. The first-order valence-electron chi connectivity index (χ1n) is 14.2. The van der Waals surface area contributed by atoms with Crippen LogP contribution in [0.3, 0.4) is 0 Å². The third-order valence-corrected chi connectivity index (χ3v) is 8.51. The Hall–Kier alpha value is -3.43. The van der Waals surface area contributed by atoms with Crippen LogP contribution < -0.4 is 20.3 Å². The number of fused-ring (bicyclic) bond motifs is 1. The molecule has 9 nitrogen and oxygen atoms in total. The van der Waals surface area contributed by atoms with E-state index in [2.05, 4.69) is 44.7 Å². The smallest absolute Gasteiger partial charge is 0.255 e. The Morgan fingerprint density at radius 3 is 2.64 bits per heavy atom. The van der Waals surface area contributed by atoms with Crippen molar-refractivity contribution in [3.8, 4) is 5.75 Å². The summed E-state index contributed by atoms with van der Waals surface area (Å²) in [7, 11) is 0. The number of likely N-dealkylation sites (tertiary alicyclic amines) is 1. The number of carbonyl (C=O) groups excluding carboxylic acids is 3. The van der Waals surface area contributed by atoms with E-state index in [9.17, 15) is 14.4 Å². The fourth-order valence-corrected chi connectivity index (χ4v) is 6.37. The summed E-state index contributed by atoms with van der Waals surface area (Å²) in [6, 6.07) is 14.1. The number of nitrogens with one attached hydrogen (secondary N) is 2. The van der Waals surface area contributed by atoms with E-state index >= 15 is 0 Å². The number of hydrogen-bond acceptors (Lipinski definition) is 7. The molecule has 1 unspecified atom stereocenters. The summed E-state index contributed by atoms with van der Waals surface area (Å²) in [4.78, 5) is 43.5. The molecular formula is C30H37N5O4. The molecule has 2 aromatic rings. The van der Waals surface area contributed by atoms with Crippen LogP contribution >= 0.6 is 0 Å². The van der Waals surface area contributed by atoms with Gasteiger partial charge in [0.15, 0.2) is 0 Å². The number of benzene rings is 2. The predicted octanol–water partition coefficient (Wildman–Crippen LogP) is 2.29. The molecule has 0 spiro atoms. The molecule has 0 bridgehead atoms. The SMILES string of the molecule is O=C1CCC(N2Cc3cc(OC[C@H]4CCCCN4Cc4ccccc4N4CCNCC4)ccc3C2=O)C(=O)N1. The van der Waals surface area contributed by atoms with Gasteiger partial charge in [0.25, 0.3) is 5.91 Å². The second-order valence-corrected chi connectivity index (χ2v) is 11.0. The topological polar surface area (TPSA) is 94.2 Å². The number of carbonyl (C=O) groups is 3. The van der Waals surface area contributed by atoms with E-state index < -0.39 is 6.04 Å². The van der Waals surface area contributed by atoms with Gasteiger partial charge in [0.1, 0.15) is 18.4 Å². The van der Waals surface area contributed by atoms with Crippen molar-refractivity contribution < 1.29 is 19.1 Å². The van der Waals surface area contributed by atoms with E-state index in [0.29, 0.717) is 31.2 Å². The number of piperidine rings is 2. The lowest BCUT2D eigenvalue weighted by Gasteiger charge is -2.37. The van der Waals surface area contributed by atoms with E-state index in [1.54, 1.807) is 11.0 Å². The van der Waals surface area contributed by atoms with Crippen LogP contribution in [0.25, 0.3) is 0 Å². The summed E-state index contributed by atoms with van der Waals surface area (Å²) < 4.78 is 6.32. The van der Waals surface area contributed by atoms with Crippen LogP contribution in [0.15, 0.2) is 42.5 Å². The van der Waals surface area contributed by atoms with Crippen molar-refractivity contribution >= 4 is 23.4 Å². The van der Waals surface area contributed by atoms with Crippen LogP contribution in [0.2, 0.25) is 0 Å². The molecule has 6 rings (SSSR count). The highest BCUT2D eigenvalue weighted by Gasteiger charge is 2.39. The molecule has 0 aliphatic carbocycles. The van der Waals surface area contributed by atoms with Crippen molar-refractivity contribution in [3.63, 3.8) is 0 Å². The second-order valence-electron chi connectivity index (χ2n) is 11.0. The maximum atomic E-state index is 13.0. The highest BCUT2D eigenvalue weighted by atomic mass is 16.5. The van der Waals surface area contributed by atoms with Gasteiger partial charge in [-0.1, -0.05) is 24.6 Å². The number of hydrogen-bond donors (Lipinski definition) is 2. The lowest BCUT2D eigenvalue weighted by atomic mass is 10.0. The fourth-order valence-electron chi connectivity index (χ4n) is 6.37. The quantitative estimate of drug-likeness (QED) is 0.530. The molecule has 4 heterocycles. The predicted molar refractivity (Wildman–Crippen MR) is 148 cm³/mol. The van der Waals surface area contributed by atoms with Gasteiger partial charge < -0.3 is 19.9 Å². The average molecular weight is 532 g/mol. The molecule has 39 heavy (non-hydrogen) atoms. The molecule has 9 heteroatoms. The maximum absolute atomic E-state index is 13.0. The molecule has 4 aliphatic rings. The standard InChI is InChI=1S/C30H37N5O4/c36-28-11-10-27(29(37)32-28)35-19-22-17-24(8-9-25(22)30(35)38)39-20-23-6-3-4-14-34(23)18-21-5-1-2-7-26(21)33-15-12-31-13-16-33/h1-2,5,7-9,17,23,27,31H,3-4,6,10-16,18-20H2,(H,32,36,37)/t23-,27?/m1/s1. The summed E-state index contributed by atoms with van der Waals surface area (Å²) in [5, 5.41) is 5.80. The Morgan fingerprint density at radius 1 is 0.949 bits per heavy atom. The first-order chi connectivity index (χ1) is 19.1. The Bertz CT molecular complexity index is 1240. The average Bonchev–Trinajstić information content (AvgIpc) is 3.28. The Balaban J connectivity index is 1.10. The van der Waals surface area contributed by atoms with Crippen molar-refractivity contribution in [2.24, 2.45) is 0 Å². The molecule has 3 amide bonds. The van der Waals surface area contributed by atoms with Crippen LogP contribution in [0.1, 0.15) is 53.6 Å². The highest BCUT2D eigenvalue weighted by Crippen LogP contribution is 2.31. The molecule has 0 saturated carbocycles. The number of anilines is 1. The van der Waals surface area contributed by atoms with Crippen molar-refractivity contribution in [2.45, 2.75) is 57.3 Å². The summed E-state index contributed by atoms with van der Waals surface area (Å²) in [5.41, 5.74) is 4.19. The molecular weight excluding hydrogens is 494 g/mol. The maximum Gasteiger partial charge on any atom is 0.255 e. The van der Waals surface area contributed by atoms with Crippen molar-refractivity contribution in [3.05, 3.63) is 59.2 Å². The number of rotatable bonds is 7. The van der Waals surface area contributed by atoms with Crippen LogP contribution in [0, 0.1) is 0 Å². The first-order valence-corrected chi connectivity index (χ1v) is 14.2. The second kappa shape index (κ2) is 11.4. The Kier molecular flexibility index (Phi) is 7.52. The lowest BCUT2D eigenvalue weighted by Crippen LogP contribution is -2.52. The Labute approximate surface area is 229 Å². The van der Waals surface area contributed by atoms with E-state index in [-0.39, 0.29) is 24.1 Å². The van der Waals surface area contributed by atoms with Crippen molar-refractivity contribution in [2.75, 3.05) is 44.2 Å². The van der Waals surface area contributed by atoms with E-state index in [4.69, 9.17) is 4.74 Å². The zero-order valence-electron chi connectivity index (χ0n) is 22.4. The molecule has 0 radical (unpaired) electrons. The Morgan fingerprint density at radius 2 is 1.79 bits per heavy atom. The van der Waals surface area contributed by atoms with E-state index in [1.807, 2.05) is 12.1 Å². The van der Waals surface area contributed by atoms with Gasteiger partial charge >= 0.3 is 0 Å². The largest absolute Gasteiger partial charge is 0.492 e. The summed E-state index contributed by atoms with van der Waals surface area (Å²) >= 11 is 0. The minimum absolute atomic E-state index is 0.160. The third kappa shape index (κ3) is 5.51. The molecule has 206 valence electrons. The van der Waals surface area contributed by atoms with Gasteiger partial charge in [-0.2, -0.15) is 0 Å². The van der Waals surface area contributed by atoms with Gasteiger partial charge in [-0.05, 0) is 61.2 Å². The molecule has 0 aromatic heterocycles. The molecule has 2 atom stereocenters. The minimum atomic E-state index is -0.605. The minimum Gasteiger partial charge on any atom is -0.492 e. The lowest BCUT2D eigenvalue weighted by molar-refractivity contribution is -0.136. The summed E-state index contributed by atoms with van der Waals surface area (Å²) in [6.07, 6.45) is 4.11. The number of ether oxygens (including phenoxy) is 1. The van der Waals surface area contributed by atoms with E-state index in [1.165, 1.54) is 24.1 Å². The molecule has 3 saturated heterocycles. The molecule has 4 aliphatic heterocycles. The number of nitrogens with zero attached hydrogens (tertiary/aromatic N) is 3. The number of piperazine rings is 1. The molecule has 3 fully saturated rings. The molecule has 2 aromatic carbocycles. The van der Waals surface area contributed by atoms with Crippen LogP contribution in [-0.2, 0) is 22.7 Å². The first kappa shape index (κ1) is 25.8. The monoisotopic (exact) mass is 531 g/mol. The number of imide groups is 1. The van der Waals surface area contributed by atoms with E-state index in [0.717, 1.165) is 57.0 Å². The summed E-state index contributed by atoms with van der Waals surface area (Å²) in [6.45, 7) is 7.03. The zero-order chi connectivity index (χ0) is 26.8. The number of amides is 3. The van der Waals surface area contributed by atoms with Crippen LogP contribution in [0.4, 0.5) is 5.69 Å². The van der Waals surface area contributed by atoms with Gasteiger partial charge in [-0.25, -0.2) is 0 Å². The van der Waals surface area contributed by atoms with Gasteiger partial charge in [0.2, 0.25) is 11.8 Å². The normalized spacial score (nSPS) is 24.1. The zero-order valence-corrected chi connectivity index (χ0v) is 22.4.